The first-order chi connectivity index (χ1) is 9.01. The molecule has 0 aliphatic rings. The lowest BCUT2D eigenvalue weighted by atomic mass is 10.2. The first-order valence-corrected chi connectivity index (χ1v) is 8.25. The van der Waals surface area contributed by atoms with Crippen LogP contribution in [0.25, 0.3) is 0 Å². The minimum atomic E-state index is -3.57. The van der Waals surface area contributed by atoms with Crippen molar-refractivity contribution in [2.24, 2.45) is 0 Å². The molecule has 2 rings (SSSR count). The van der Waals surface area contributed by atoms with Crippen LogP contribution in [-0.2, 0) is 15.9 Å². The number of hydrogen-bond donors (Lipinski definition) is 1. The molecule has 0 aliphatic carbocycles. The molecule has 0 fully saturated rings. The fourth-order valence-electron chi connectivity index (χ4n) is 1.55. The predicted molar refractivity (Wildman–Crippen MR) is 80.9 cm³/mol. The minimum Gasteiger partial charge on any atom is -0.280 e. The molecule has 0 unspecified atom stereocenters. The van der Waals surface area contributed by atoms with Gasteiger partial charge in [-0.15, -0.1) is 11.6 Å². The number of sulfonamides is 1. The highest BCUT2D eigenvalue weighted by molar-refractivity contribution is 9.10. The average molecular weight is 361 g/mol. The van der Waals surface area contributed by atoms with Crippen LogP contribution in [-0.4, -0.2) is 8.42 Å². The molecule has 0 bridgehead atoms. The van der Waals surface area contributed by atoms with Gasteiger partial charge in [0, 0.05) is 16.0 Å². The van der Waals surface area contributed by atoms with Gasteiger partial charge in [-0.25, -0.2) is 8.42 Å². The smallest absolute Gasteiger partial charge is 0.261 e. The fourth-order valence-corrected chi connectivity index (χ4v) is 3.03. The van der Waals surface area contributed by atoms with Gasteiger partial charge in [-0.05, 0) is 42.0 Å². The molecular weight excluding hydrogens is 350 g/mol. The van der Waals surface area contributed by atoms with Crippen molar-refractivity contribution < 1.29 is 8.42 Å². The molecule has 0 atom stereocenters. The maximum absolute atomic E-state index is 12.2. The summed E-state index contributed by atoms with van der Waals surface area (Å²) >= 11 is 8.99. The monoisotopic (exact) mass is 359 g/mol. The second-order valence-corrected chi connectivity index (χ2v) is 6.76. The Bertz CT molecular complexity index is 671. The summed E-state index contributed by atoms with van der Waals surface area (Å²) in [7, 11) is -3.57. The zero-order valence-electron chi connectivity index (χ0n) is 9.81. The van der Waals surface area contributed by atoms with Crippen LogP contribution in [0.5, 0.6) is 0 Å². The topological polar surface area (TPSA) is 46.2 Å². The summed E-state index contributed by atoms with van der Waals surface area (Å²) in [5, 5.41) is 0. The van der Waals surface area contributed by atoms with E-state index in [9.17, 15) is 8.42 Å². The normalized spacial score (nSPS) is 11.3. The van der Waals surface area contributed by atoms with Gasteiger partial charge in [0.25, 0.3) is 10.0 Å². The average Bonchev–Trinajstić information content (AvgIpc) is 2.39. The molecule has 0 spiro atoms. The second kappa shape index (κ2) is 5.94. The third-order valence-electron chi connectivity index (χ3n) is 2.46. The number of hydrogen-bond acceptors (Lipinski definition) is 2. The second-order valence-electron chi connectivity index (χ2n) is 3.89. The van der Waals surface area contributed by atoms with Gasteiger partial charge in [-0.1, -0.05) is 28.1 Å². The van der Waals surface area contributed by atoms with Crippen LogP contribution in [0.3, 0.4) is 0 Å². The SMILES string of the molecule is O=S(=O)(Nc1cccc(CCl)c1)c1ccc(Br)cc1. The molecular formula is C13H11BrClNO2S. The Hall–Kier alpha value is -1.04. The summed E-state index contributed by atoms with van der Waals surface area (Å²) in [6.45, 7) is 0. The van der Waals surface area contributed by atoms with Gasteiger partial charge < -0.3 is 0 Å². The van der Waals surface area contributed by atoms with Gasteiger partial charge in [0.05, 0.1) is 4.90 Å². The molecule has 0 aliphatic heterocycles. The quantitative estimate of drug-likeness (QED) is 0.838. The van der Waals surface area contributed by atoms with Gasteiger partial charge in [-0.3, -0.25) is 4.72 Å². The lowest BCUT2D eigenvalue weighted by Gasteiger charge is -2.09. The van der Waals surface area contributed by atoms with E-state index in [1.165, 1.54) is 12.1 Å². The van der Waals surface area contributed by atoms with Crippen LogP contribution in [0.4, 0.5) is 5.69 Å². The van der Waals surface area contributed by atoms with E-state index in [0.29, 0.717) is 11.6 Å². The number of rotatable bonds is 4. The molecule has 2 aromatic rings. The molecule has 3 nitrogen and oxygen atoms in total. The van der Waals surface area contributed by atoms with E-state index in [1.54, 1.807) is 30.3 Å². The van der Waals surface area contributed by atoms with Crippen molar-refractivity contribution in [3.63, 3.8) is 0 Å². The molecule has 0 saturated heterocycles. The molecule has 19 heavy (non-hydrogen) atoms. The van der Waals surface area contributed by atoms with Crippen molar-refractivity contribution in [1.82, 2.24) is 0 Å². The molecule has 0 aromatic heterocycles. The minimum absolute atomic E-state index is 0.215. The van der Waals surface area contributed by atoms with Crippen molar-refractivity contribution in [2.75, 3.05) is 4.72 Å². The highest BCUT2D eigenvalue weighted by Crippen LogP contribution is 2.19. The van der Waals surface area contributed by atoms with Gasteiger partial charge in [0.2, 0.25) is 0 Å². The van der Waals surface area contributed by atoms with E-state index in [4.69, 9.17) is 11.6 Å². The summed E-state index contributed by atoms with van der Waals surface area (Å²) < 4.78 is 27.7. The van der Waals surface area contributed by atoms with E-state index in [0.717, 1.165) is 10.0 Å². The van der Waals surface area contributed by atoms with Crippen LogP contribution in [0.1, 0.15) is 5.56 Å². The third-order valence-corrected chi connectivity index (χ3v) is 4.69. The maximum atomic E-state index is 12.2. The first-order valence-electron chi connectivity index (χ1n) is 5.44. The van der Waals surface area contributed by atoms with E-state index < -0.39 is 10.0 Å². The molecule has 0 saturated carbocycles. The van der Waals surface area contributed by atoms with Crippen molar-refractivity contribution in [2.45, 2.75) is 10.8 Å². The van der Waals surface area contributed by atoms with Crippen molar-refractivity contribution in [3.8, 4) is 0 Å². The van der Waals surface area contributed by atoms with E-state index in [1.807, 2.05) is 6.07 Å². The summed E-state index contributed by atoms with van der Waals surface area (Å²) in [5.74, 6) is 0.341. The van der Waals surface area contributed by atoms with Crippen molar-refractivity contribution in [3.05, 3.63) is 58.6 Å². The number of nitrogens with one attached hydrogen (secondary N) is 1. The third kappa shape index (κ3) is 3.72. The molecule has 100 valence electrons. The molecule has 6 heteroatoms. The predicted octanol–water partition coefficient (Wildman–Crippen LogP) is 3.99. The van der Waals surface area contributed by atoms with Crippen molar-refractivity contribution in [1.29, 1.82) is 0 Å². The van der Waals surface area contributed by atoms with Gasteiger partial charge in [-0.2, -0.15) is 0 Å². The zero-order chi connectivity index (χ0) is 13.9. The Kier molecular flexibility index (Phi) is 4.50. The number of benzene rings is 2. The molecule has 0 amide bonds. The van der Waals surface area contributed by atoms with Gasteiger partial charge in [0.1, 0.15) is 0 Å². The Morgan fingerprint density at radius 1 is 1.11 bits per heavy atom. The Labute approximate surface area is 125 Å². The number of halogens is 2. The summed E-state index contributed by atoms with van der Waals surface area (Å²) in [5.41, 5.74) is 1.36. The Balaban J connectivity index is 2.28. The van der Waals surface area contributed by atoms with E-state index in [-0.39, 0.29) is 4.90 Å². The Morgan fingerprint density at radius 2 is 1.79 bits per heavy atom. The van der Waals surface area contributed by atoms with Crippen LogP contribution in [0.15, 0.2) is 57.9 Å². The summed E-state index contributed by atoms with van der Waals surface area (Å²) in [4.78, 5) is 0.215. The maximum Gasteiger partial charge on any atom is 0.261 e. The summed E-state index contributed by atoms with van der Waals surface area (Å²) in [6, 6.07) is 13.4. The highest BCUT2D eigenvalue weighted by atomic mass is 79.9. The molecule has 0 heterocycles. The standard InChI is InChI=1S/C13H11BrClNO2S/c14-11-4-6-13(7-5-11)19(17,18)16-12-3-1-2-10(8-12)9-15/h1-8,16H,9H2. The first kappa shape index (κ1) is 14.4. The molecule has 2 aromatic carbocycles. The lowest BCUT2D eigenvalue weighted by molar-refractivity contribution is 0.601. The van der Waals surface area contributed by atoms with Crippen molar-refractivity contribution >= 4 is 43.2 Å². The highest BCUT2D eigenvalue weighted by Gasteiger charge is 2.13. The summed E-state index contributed by atoms with van der Waals surface area (Å²) in [6.07, 6.45) is 0. The number of alkyl halides is 1. The van der Waals surface area contributed by atoms with Gasteiger partial charge in [0.15, 0.2) is 0 Å². The molecule has 1 N–H and O–H groups in total. The Morgan fingerprint density at radius 3 is 2.42 bits per heavy atom. The van der Waals surface area contributed by atoms with Crippen LogP contribution < -0.4 is 4.72 Å². The van der Waals surface area contributed by atoms with E-state index in [2.05, 4.69) is 20.7 Å². The fraction of sp³-hybridized carbons (Fsp3) is 0.0769. The van der Waals surface area contributed by atoms with Crippen LogP contribution in [0, 0.1) is 0 Å². The largest absolute Gasteiger partial charge is 0.280 e. The lowest BCUT2D eigenvalue weighted by Crippen LogP contribution is -2.12. The zero-order valence-corrected chi connectivity index (χ0v) is 13.0. The van der Waals surface area contributed by atoms with Crippen LogP contribution >= 0.6 is 27.5 Å². The number of anilines is 1. The van der Waals surface area contributed by atoms with E-state index >= 15 is 0 Å². The van der Waals surface area contributed by atoms with Gasteiger partial charge >= 0.3 is 0 Å². The van der Waals surface area contributed by atoms with Crippen LogP contribution in [0.2, 0.25) is 0 Å². The molecule has 0 radical (unpaired) electrons.